The average molecular weight is 426 g/mol. The van der Waals surface area contributed by atoms with Crippen molar-refractivity contribution in [1.29, 1.82) is 0 Å². The number of ether oxygens (including phenoxy) is 2. The Balaban J connectivity index is 1.33. The summed E-state index contributed by atoms with van der Waals surface area (Å²) in [4.78, 5) is 19.7. The van der Waals surface area contributed by atoms with Gasteiger partial charge in [-0.2, -0.15) is 0 Å². The predicted molar refractivity (Wildman–Crippen MR) is 121 cm³/mol. The lowest BCUT2D eigenvalue weighted by molar-refractivity contribution is -0.125. The fourth-order valence-corrected chi connectivity index (χ4v) is 4.82. The fraction of sp³-hybridized carbons (Fsp3) is 0.391. The molecule has 1 aliphatic rings. The van der Waals surface area contributed by atoms with Crippen molar-refractivity contribution < 1.29 is 14.3 Å². The topological polar surface area (TPSA) is 63.7 Å². The Bertz CT molecular complexity index is 1000. The number of anilines is 1. The minimum absolute atomic E-state index is 0.00355. The van der Waals surface area contributed by atoms with Crippen molar-refractivity contribution in [3.05, 3.63) is 48.0 Å². The third-order valence-corrected chi connectivity index (χ3v) is 6.60. The lowest BCUT2D eigenvalue weighted by atomic mass is 9.97. The fourth-order valence-electron chi connectivity index (χ4n) is 3.79. The normalized spacial score (nSPS) is 16.5. The molecule has 0 spiro atoms. The second-order valence-corrected chi connectivity index (χ2v) is 8.51. The van der Waals surface area contributed by atoms with Crippen molar-refractivity contribution in [2.45, 2.75) is 19.3 Å². The van der Waals surface area contributed by atoms with E-state index in [4.69, 9.17) is 14.5 Å². The summed E-state index contributed by atoms with van der Waals surface area (Å²) in [5.74, 6) is 1.82. The van der Waals surface area contributed by atoms with Gasteiger partial charge in [0, 0.05) is 19.6 Å². The molecule has 3 aromatic rings. The second-order valence-electron chi connectivity index (χ2n) is 7.50. The van der Waals surface area contributed by atoms with Gasteiger partial charge in [0.15, 0.2) is 5.13 Å². The van der Waals surface area contributed by atoms with Crippen LogP contribution < -0.4 is 19.7 Å². The number of benzene rings is 2. The highest BCUT2D eigenvalue weighted by atomic mass is 32.1. The number of hydrogen-bond donors (Lipinski definition) is 1. The Labute approximate surface area is 180 Å². The van der Waals surface area contributed by atoms with Gasteiger partial charge in [0.2, 0.25) is 5.91 Å². The van der Waals surface area contributed by atoms with Crippen molar-refractivity contribution >= 4 is 32.6 Å². The Morgan fingerprint density at radius 1 is 1.17 bits per heavy atom. The van der Waals surface area contributed by atoms with Crippen LogP contribution in [0.5, 0.6) is 11.5 Å². The first kappa shape index (κ1) is 20.5. The van der Waals surface area contributed by atoms with Crippen LogP contribution in [-0.2, 0) is 11.2 Å². The van der Waals surface area contributed by atoms with Gasteiger partial charge in [0.1, 0.15) is 11.5 Å². The Hall–Kier alpha value is -2.80. The van der Waals surface area contributed by atoms with E-state index in [-0.39, 0.29) is 11.8 Å². The Morgan fingerprint density at radius 2 is 1.93 bits per heavy atom. The number of aromatic nitrogens is 1. The number of fused-ring (bicyclic) bond motifs is 1. The molecular formula is C23H27N3O3S. The number of nitrogens with zero attached hydrogens (tertiary/aromatic N) is 2. The molecule has 158 valence electrons. The molecule has 1 aromatic heterocycles. The maximum Gasteiger partial charge on any atom is 0.224 e. The van der Waals surface area contributed by atoms with Gasteiger partial charge in [-0.25, -0.2) is 4.98 Å². The van der Waals surface area contributed by atoms with Crippen LogP contribution >= 0.6 is 11.3 Å². The molecule has 1 atom stereocenters. The average Bonchev–Trinajstić information content (AvgIpc) is 3.23. The summed E-state index contributed by atoms with van der Waals surface area (Å²) in [5, 5.41) is 4.09. The molecule has 4 rings (SSSR count). The quantitative estimate of drug-likeness (QED) is 0.622. The zero-order valence-electron chi connectivity index (χ0n) is 17.4. The first-order chi connectivity index (χ1) is 14.7. The second kappa shape index (κ2) is 9.34. The van der Waals surface area contributed by atoms with E-state index in [0.717, 1.165) is 52.7 Å². The van der Waals surface area contributed by atoms with E-state index in [0.29, 0.717) is 13.1 Å². The molecule has 0 radical (unpaired) electrons. The molecule has 30 heavy (non-hydrogen) atoms. The first-order valence-corrected chi connectivity index (χ1v) is 11.1. The van der Waals surface area contributed by atoms with Crippen LogP contribution in [0.25, 0.3) is 10.2 Å². The minimum Gasteiger partial charge on any atom is -0.497 e. The molecule has 2 heterocycles. The predicted octanol–water partition coefficient (Wildman–Crippen LogP) is 3.89. The van der Waals surface area contributed by atoms with Crippen molar-refractivity contribution in [3.8, 4) is 11.5 Å². The number of methoxy groups -OCH3 is 2. The molecule has 0 bridgehead atoms. The summed E-state index contributed by atoms with van der Waals surface area (Å²) in [6.45, 7) is 2.29. The lowest BCUT2D eigenvalue weighted by Gasteiger charge is -2.31. The number of nitrogens with one attached hydrogen (secondary N) is 1. The maximum atomic E-state index is 12.7. The summed E-state index contributed by atoms with van der Waals surface area (Å²) in [5.41, 5.74) is 2.16. The molecule has 1 saturated heterocycles. The molecule has 1 N–H and O–H groups in total. The van der Waals surface area contributed by atoms with E-state index in [1.54, 1.807) is 25.6 Å². The number of hydrogen-bond acceptors (Lipinski definition) is 6. The number of amides is 1. The van der Waals surface area contributed by atoms with Crippen molar-refractivity contribution in [2.24, 2.45) is 5.92 Å². The zero-order chi connectivity index (χ0) is 20.9. The molecule has 2 aromatic carbocycles. The lowest BCUT2D eigenvalue weighted by Crippen LogP contribution is -2.43. The largest absolute Gasteiger partial charge is 0.497 e. The van der Waals surface area contributed by atoms with Crippen molar-refractivity contribution in [3.63, 3.8) is 0 Å². The van der Waals surface area contributed by atoms with Crippen molar-refractivity contribution in [1.82, 2.24) is 10.3 Å². The number of piperidine rings is 1. The smallest absolute Gasteiger partial charge is 0.224 e. The highest BCUT2D eigenvalue weighted by Gasteiger charge is 2.27. The molecular weight excluding hydrogens is 398 g/mol. The van der Waals surface area contributed by atoms with Gasteiger partial charge < -0.3 is 19.7 Å². The highest BCUT2D eigenvalue weighted by Crippen LogP contribution is 2.33. The molecule has 7 heteroatoms. The van der Waals surface area contributed by atoms with Crippen LogP contribution in [0.15, 0.2) is 42.5 Å². The molecule has 1 unspecified atom stereocenters. The van der Waals surface area contributed by atoms with Crippen LogP contribution in [-0.4, -0.2) is 44.7 Å². The minimum atomic E-state index is -0.00355. The summed E-state index contributed by atoms with van der Waals surface area (Å²) >= 11 is 1.66. The van der Waals surface area contributed by atoms with E-state index in [9.17, 15) is 4.79 Å². The van der Waals surface area contributed by atoms with Gasteiger partial charge in [-0.1, -0.05) is 23.5 Å². The van der Waals surface area contributed by atoms with Crippen LogP contribution in [0.4, 0.5) is 5.13 Å². The van der Waals surface area contributed by atoms with E-state index >= 15 is 0 Å². The third kappa shape index (κ3) is 4.67. The summed E-state index contributed by atoms with van der Waals surface area (Å²) < 4.78 is 11.6. The van der Waals surface area contributed by atoms with Gasteiger partial charge in [0.25, 0.3) is 0 Å². The molecule has 0 aliphatic carbocycles. The Kier molecular flexibility index (Phi) is 6.38. The van der Waals surface area contributed by atoms with E-state index in [1.165, 1.54) is 5.56 Å². The molecule has 0 saturated carbocycles. The van der Waals surface area contributed by atoms with Gasteiger partial charge >= 0.3 is 0 Å². The third-order valence-electron chi connectivity index (χ3n) is 5.52. The van der Waals surface area contributed by atoms with Gasteiger partial charge in [-0.15, -0.1) is 0 Å². The Morgan fingerprint density at radius 3 is 2.70 bits per heavy atom. The number of carbonyl (C=O) groups excluding carboxylic acids is 1. The molecule has 1 amide bonds. The van der Waals surface area contributed by atoms with E-state index < -0.39 is 0 Å². The van der Waals surface area contributed by atoms with Crippen molar-refractivity contribution in [2.75, 3.05) is 38.8 Å². The summed E-state index contributed by atoms with van der Waals surface area (Å²) in [6, 6.07) is 13.9. The van der Waals surface area contributed by atoms with Gasteiger partial charge in [0.05, 0.1) is 30.4 Å². The SMILES string of the molecule is COc1ccc(CCNC(=O)C2CCCN(c3nc4ccc(OC)cc4s3)C2)cc1. The summed E-state index contributed by atoms with van der Waals surface area (Å²) in [6.07, 6.45) is 2.73. The highest BCUT2D eigenvalue weighted by molar-refractivity contribution is 7.22. The standard InChI is InChI=1S/C23H27N3O3S/c1-28-18-7-5-16(6-8-18)11-12-24-22(27)17-4-3-13-26(15-17)23-25-20-10-9-19(29-2)14-21(20)30-23/h5-10,14,17H,3-4,11-13,15H2,1-2H3,(H,24,27). The van der Waals surface area contributed by atoms with Crippen LogP contribution in [0.2, 0.25) is 0 Å². The summed E-state index contributed by atoms with van der Waals surface area (Å²) in [7, 11) is 3.33. The molecule has 6 nitrogen and oxygen atoms in total. The monoisotopic (exact) mass is 425 g/mol. The first-order valence-electron chi connectivity index (χ1n) is 10.3. The number of rotatable bonds is 7. The van der Waals surface area contributed by atoms with Crippen LogP contribution in [0.1, 0.15) is 18.4 Å². The number of thiazole rings is 1. The molecule has 1 aliphatic heterocycles. The zero-order valence-corrected chi connectivity index (χ0v) is 18.2. The maximum absolute atomic E-state index is 12.7. The van der Waals surface area contributed by atoms with E-state index in [1.807, 2.05) is 42.5 Å². The van der Waals surface area contributed by atoms with Gasteiger partial charge in [-0.05, 0) is 55.2 Å². The van der Waals surface area contributed by atoms with Gasteiger partial charge in [-0.3, -0.25) is 4.79 Å². The number of carbonyl (C=O) groups is 1. The van der Waals surface area contributed by atoms with Crippen LogP contribution in [0, 0.1) is 5.92 Å². The van der Waals surface area contributed by atoms with Crippen LogP contribution in [0.3, 0.4) is 0 Å². The van der Waals surface area contributed by atoms with E-state index in [2.05, 4.69) is 10.2 Å². The molecule has 1 fully saturated rings.